The van der Waals surface area contributed by atoms with Crippen LogP contribution in [0.2, 0.25) is 0 Å². The summed E-state index contributed by atoms with van der Waals surface area (Å²) in [7, 11) is 0. The predicted octanol–water partition coefficient (Wildman–Crippen LogP) is 3.17. The average molecular weight is 398 g/mol. The second-order valence-corrected chi connectivity index (χ2v) is 9.81. The summed E-state index contributed by atoms with van der Waals surface area (Å²) < 4.78 is 6.52. The van der Waals surface area contributed by atoms with Crippen LogP contribution in [-0.2, 0) is 11.3 Å². The van der Waals surface area contributed by atoms with Gasteiger partial charge in [0.25, 0.3) is 5.91 Å². The molecule has 1 aromatic heterocycles. The Labute approximate surface area is 170 Å². The molecule has 2 bridgehead atoms. The fourth-order valence-corrected chi connectivity index (χ4v) is 6.36. The van der Waals surface area contributed by atoms with Gasteiger partial charge in [-0.15, -0.1) is 11.3 Å². The minimum atomic E-state index is -0.00580. The fourth-order valence-electron chi connectivity index (χ4n) is 5.38. The van der Waals surface area contributed by atoms with E-state index in [9.17, 15) is 4.79 Å². The number of rotatable bonds is 5. The van der Waals surface area contributed by atoms with Gasteiger partial charge in [-0.25, -0.2) is 4.98 Å². The maximum atomic E-state index is 12.5. The molecule has 1 amide bonds. The molecule has 1 aromatic carbocycles. The smallest absolute Gasteiger partial charge is 0.251 e. The molecule has 28 heavy (non-hydrogen) atoms. The fraction of sp³-hybridized carbons (Fsp3) is 0.545. The third kappa shape index (κ3) is 3.08. The molecular formula is C22H27N3O2S. The van der Waals surface area contributed by atoms with E-state index in [4.69, 9.17) is 9.72 Å². The van der Waals surface area contributed by atoms with Crippen LogP contribution in [0, 0.1) is 25.7 Å². The number of hydrogen-bond donors (Lipinski definition) is 1. The Morgan fingerprint density at radius 3 is 2.93 bits per heavy atom. The van der Waals surface area contributed by atoms with Crippen molar-refractivity contribution in [2.75, 3.05) is 19.6 Å². The Morgan fingerprint density at radius 1 is 1.36 bits per heavy atom. The van der Waals surface area contributed by atoms with Gasteiger partial charge in [0.15, 0.2) is 0 Å². The Bertz CT molecular complexity index is 864. The van der Waals surface area contributed by atoms with Crippen LogP contribution in [0.25, 0.3) is 0 Å². The number of thiazole rings is 1. The topological polar surface area (TPSA) is 54.5 Å². The Kier molecular flexibility index (Phi) is 4.53. The first-order valence-electron chi connectivity index (χ1n) is 10.2. The number of carbonyl (C=O) groups is 1. The molecule has 0 radical (unpaired) electrons. The third-order valence-electron chi connectivity index (χ3n) is 6.82. The van der Waals surface area contributed by atoms with Crippen LogP contribution in [0.1, 0.15) is 38.8 Å². The van der Waals surface area contributed by atoms with E-state index >= 15 is 0 Å². The summed E-state index contributed by atoms with van der Waals surface area (Å²) >= 11 is 1.81. The molecule has 5 rings (SSSR count). The van der Waals surface area contributed by atoms with E-state index < -0.39 is 0 Å². The lowest BCUT2D eigenvalue weighted by Gasteiger charge is -2.29. The van der Waals surface area contributed by atoms with Crippen LogP contribution in [-0.4, -0.2) is 47.1 Å². The van der Waals surface area contributed by atoms with Gasteiger partial charge in [0.1, 0.15) is 5.01 Å². The van der Waals surface area contributed by atoms with Gasteiger partial charge in [-0.1, -0.05) is 18.2 Å². The number of aromatic nitrogens is 1. The highest BCUT2D eigenvalue weighted by molar-refractivity contribution is 7.11. The summed E-state index contributed by atoms with van der Waals surface area (Å²) in [4.78, 5) is 21.0. The lowest BCUT2D eigenvalue weighted by atomic mass is 9.73. The minimum Gasteiger partial charge on any atom is -0.370 e. The summed E-state index contributed by atoms with van der Waals surface area (Å²) in [6, 6.07) is 9.47. The van der Waals surface area contributed by atoms with Gasteiger partial charge in [0, 0.05) is 41.9 Å². The number of likely N-dealkylation sites (tertiary alicyclic amines) is 1. The van der Waals surface area contributed by atoms with Gasteiger partial charge in [-0.3, -0.25) is 9.69 Å². The van der Waals surface area contributed by atoms with Crippen molar-refractivity contribution >= 4 is 17.2 Å². The zero-order valence-corrected chi connectivity index (χ0v) is 17.3. The number of benzene rings is 1. The molecular weight excluding hydrogens is 370 g/mol. The summed E-state index contributed by atoms with van der Waals surface area (Å²) in [6.45, 7) is 7.88. The van der Waals surface area contributed by atoms with E-state index in [0.29, 0.717) is 24.5 Å². The molecule has 0 aliphatic carbocycles. The predicted molar refractivity (Wildman–Crippen MR) is 109 cm³/mol. The first-order valence-corrected chi connectivity index (χ1v) is 11.0. The van der Waals surface area contributed by atoms with Crippen molar-refractivity contribution in [1.82, 2.24) is 15.2 Å². The first kappa shape index (κ1) is 18.3. The molecule has 3 aliphatic rings. The number of nitrogens with zero attached hydrogens (tertiary/aromatic N) is 2. The molecule has 0 unspecified atom stereocenters. The number of hydrogen-bond acceptors (Lipinski definition) is 5. The third-order valence-corrected chi connectivity index (χ3v) is 7.88. The van der Waals surface area contributed by atoms with E-state index in [0.717, 1.165) is 43.7 Å². The first-order chi connectivity index (χ1) is 13.5. The van der Waals surface area contributed by atoms with Gasteiger partial charge in [-0.2, -0.15) is 0 Å². The molecule has 5 nitrogen and oxygen atoms in total. The van der Waals surface area contributed by atoms with Crippen molar-refractivity contribution in [3.8, 4) is 0 Å². The molecule has 1 spiro atoms. The number of aryl methyl sites for hydroxylation is 2. The molecule has 2 aromatic rings. The lowest BCUT2D eigenvalue weighted by Crippen LogP contribution is -2.41. The van der Waals surface area contributed by atoms with Crippen molar-refractivity contribution in [2.24, 2.45) is 11.8 Å². The van der Waals surface area contributed by atoms with Crippen molar-refractivity contribution in [2.45, 2.75) is 44.9 Å². The quantitative estimate of drug-likeness (QED) is 0.842. The Hall–Kier alpha value is -1.76. The Balaban J connectivity index is 1.25. The van der Waals surface area contributed by atoms with E-state index in [1.165, 1.54) is 9.88 Å². The van der Waals surface area contributed by atoms with Crippen LogP contribution in [0.5, 0.6) is 0 Å². The molecule has 1 N–H and O–H groups in total. The zero-order valence-electron chi connectivity index (χ0n) is 16.5. The van der Waals surface area contributed by atoms with Gasteiger partial charge >= 0.3 is 0 Å². The second-order valence-electron chi connectivity index (χ2n) is 8.52. The molecule has 4 atom stereocenters. The molecule has 3 saturated heterocycles. The zero-order chi connectivity index (χ0) is 19.3. The summed E-state index contributed by atoms with van der Waals surface area (Å²) in [5.74, 6) is 0.927. The number of fused-ring (bicyclic) bond motifs is 1. The van der Waals surface area contributed by atoms with Crippen LogP contribution in [0.4, 0.5) is 0 Å². The Morgan fingerprint density at radius 2 is 2.18 bits per heavy atom. The highest BCUT2D eigenvalue weighted by Crippen LogP contribution is 2.54. The number of amides is 1. The molecule has 4 heterocycles. The monoisotopic (exact) mass is 397 g/mol. The number of ether oxygens (including phenoxy) is 1. The standard InChI is InChI=1S/C22H27N3O2S/c1-14-15(2)28-20(24-14)12-25-11-18-17(19-8-9-22(18,13-25)27-19)10-23-21(26)16-6-4-3-5-7-16/h3-7,17-19H,8-13H2,1-2H3,(H,23,26)/t17-,18+,19+,22+/m0/s1. The number of carbonyl (C=O) groups excluding carboxylic acids is 1. The number of nitrogens with one attached hydrogen (secondary N) is 1. The van der Waals surface area contributed by atoms with E-state index in [2.05, 4.69) is 24.1 Å². The molecule has 148 valence electrons. The molecule has 3 aliphatic heterocycles. The summed E-state index contributed by atoms with van der Waals surface area (Å²) in [5, 5.41) is 4.37. The van der Waals surface area contributed by atoms with Crippen LogP contribution in [0.15, 0.2) is 30.3 Å². The SMILES string of the molecule is Cc1nc(CN2C[C@@H]3[C@H](CNC(=O)c4ccccc4)[C@H]4CC[C@]3(C2)O4)sc1C. The van der Waals surface area contributed by atoms with Gasteiger partial charge in [-0.05, 0) is 38.8 Å². The van der Waals surface area contributed by atoms with Crippen LogP contribution >= 0.6 is 11.3 Å². The normalized spacial score (nSPS) is 31.3. The molecule has 0 saturated carbocycles. The summed E-state index contributed by atoms with van der Waals surface area (Å²) in [6.07, 6.45) is 2.57. The van der Waals surface area contributed by atoms with E-state index in [-0.39, 0.29) is 11.5 Å². The van der Waals surface area contributed by atoms with E-state index in [1.54, 1.807) is 0 Å². The highest BCUT2D eigenvalue weighted by Gasteiger charge is 2.62. The van der Waals surface area contributed by atoms with Gasteiger partial charge in [0.05, 0.1) is 23.9 Å². The highest BCUT2D eigenvalue weighted by atomic mass is 32.1. The second kappa shape index (κ2) is 6.94. The van der Waals surface area contributed by atoms with Gasteiger partial charge in [0.2, 0.25) is 0 Å². The average Bonchev–Trinajstić information content (AvgIpc) is 3.41. The van der Waals surface area contributed by atoms with Crippen molar-refractivity contribution in [3.63, 3.8) is 0 Å². The van der Waals surface area contributed by atoms with Gasteiger partial charge < -0.3 is 10.1 Å². The minimum absolute atomic E-state index is 0.00580. The lowest BCUT2D eigenvalue weighted by molar-refractivity contribution is 0.00212. The van der Waals surface area contributed by atoms with Crippen LogP contribution in [0.3, 0.4) is 0 Å². The summed E-state index contributed by atoms with van der Waals surface area (Å²) in [5.41, 5.74) is 1.87. The maximum Gasteiger partial charge on any atom is 0.251 e. The largest absolute Gasteiger partial charge is 0.370 e. The van der Waals surface area contributed by atoms with Crippen molar-refractivity contribution in [1.29, 1.82) is 0 Å². The van der Waals surface area contributed by atoms with Crippen molar-refractivity contribution in [3.05, 3.63) is 51.5 Å². The molecule has 3 fully saturated rings. The van der Waals surface area contributed by atoms with E-state index in [1.807, 2.05) is 41.7 Å². The van der Waals surface area contributed by atoms with Crippen molar-refractivity contribution < 1.29 is 9.53 Å². The molecule has 6 heteroatoms. The van der Waals surface area contributed by atoms with Crippen LogP contribution < -0.4 is 5.32 Å². The maximum absolute atomic E-state index is 12.5.